The fraction of sp³-hybridized carbons (Fsp3) is 0.250. The van der Waals surface area contributed by atoms with Gasteiger partial charge in [0.25, 0.3) is 0 Å². The van der Waals surface area contributed by atoms with E-state index in [1.54, 1.807) is 25.1 Å². The molecule has 0 aliphatic carbocycles. The molecule has 2 N–H and O–H groups in total. The van der Waals surface area contributed by atoms with Crippen molar-refractivity contribution < 1.29 is 24.6 Å². The van der Waals surface area contributed by atoms with Crippen molar-refractivity contribution in [3.8, 4) is 11.5 Å². The molecule has 0 radical (unpaired) electrons. The fourth-order valence-corrected chi connectivity index (χ4v) is 4.52. The number of hydrogen-bond donors (Lipinski definition) is 2. The molecule has 8 heteroatoms. The van der Waals surface area contributed by atoms with Crippen LogP contribution in [0.4, 0.5) is 5.69 Å². The second-order valence-corrected chi connectivity index (χ2v) is 9.66. The molecule has 0 heterocycles. The van der Waals surface area contributed by atoms with Gasteiger partial charge in [-0.1, -0.05) is 84.9 Å². The van der Waals surface area contributed by atoms with E-state index in [1.165, 1.54) is 12.1 Å². The Morgan fingerprint density at radius 3 is 1.98 bits per heavy atom. The van der Waals surface area contributed by atoms with Gasteiger partial charge in [-0.3, -0.25) is 15.0 Å². The molecule has 0 aromatic heterocycles. The van der Waals surface area contributed by atoms with Gasteiger partial charge in [-0.2, -0.15) is 0 Å². The number of benzene rings is 4. The molecule has 0 aliphatic rings. The van der Waals surface area contributed by atoms with E-state index in [0.717, 1.165) is 11.1 Å². The molecule has 8 nitrogen and oxygen atoms in total. The molecule has 0 saturated carbocycles. The summed E-state index contributed by atoms with van der Waals surface area (Å²) in [6.07, 6.45) is -2.86. The van der Waals surface area contributed by atoms with Gasteiger partial charge in [0.15, 0.2) is 12.0 Å². The molecule has 208 valence electrons. The molecule has 4 aromatic carbocycles. The van der Waals surface area contributed by atoms with Crippen LogP contribution >= 0.6 is 0 Å². The number of hydrogen-bond acceptors (Lipinski definition) is 7. The number of aliphatic hydroxyl groups is 2. The highest BCUT2D eigenvalue weighted by Gasteiger charge is 2.34. The average molecular weight is 543 g/mol. The third-order valence-corrected chi connectivity index (χ3v) is 6.69. The quantitative estimate of drug-likeness (QED) is 0.123. The van der Waals surface area contributed by atoms with Crippen LogP contribution < -0.4 is 9.47 Å². The smallest absolute Gasteiger partial charge is 0.311 e. The molecule has 0 aliphatic heterocycles. The Morgan fingerprint density at radius 2 is 1.40 bits per heavy atom. The summed E-state index contributed by atoms with van der Waals surface area (Å²) in [6, 6.07) is 32.1. The summed E-state index contributed by atoms with van der Waals surface area (Å²) in [5.41, 5.74) is 1.96. The van der Waals surface area contributed by atoms with Crippen molar-refractivity contribution >= 4 is 5.69 Å². The largest absolute Gasteiger partial charge is 0.482 e. The molecule has 4 atom stereocenters. The van der Waals surface area contributed by atoms with Gasteiger partial charge in [-0.05, 0) is 48.7 Å². The predicted molar refractivity (Wildman–Crippen MR) is 153 cm³/mol. The van der Waals surface area contributed by atoms with E-state index < -0.39 is 29.4 Å². The third-order valence-electron chi connectivity index (χ3n) is 6.69. The van der Waals surface area contributed by atoms with Gasteiger partial charge in [0.2, 0.25) is 0 Å². The topological polar surface area (TPSA) is 105 Å². The summed E-state index contributed by atoms with van der Waals surface area (Å²) in [5.74, 6) is 0.691. The molecule has 0 saturated heterocycles. The van der Waals surface area contributed by atoms with E-state index >= 15 is 0 Å². The average Bonchev–Trinajstić information content (AvgIpc) is 2.98. The van der Waals surface area contributed by atoms with Crippen molar-refractivity contribution in [3.63, 3.8) is 0 Å². The summed E-state index contributed by atoms with van der Waals surface area (Å²) in [4.78, 5) is 13.3. The first kappa shape index (κ1) is 28.8. The molecular weight excluding hydrogens is 508 g/mol. The van der Waals surface area contributed by atoms with Crippen LogP contribution in [0.3, 0.4) is 0 Å². The highest BCUT2D eigenvalue weighted by Crippen LogP contribution is 2.34. The van der Waals surface area contributed by atoms with E-state index in [1.807, 2.05) is 90.7 Å². The first-order chi connectivity index (χ1) is 19.3. The van der Waals surface area contributed by atoms with Gasteiger partial charge in [0.1, 0.15) is 18.5 Å². The molecule has 0 fully saturated rings. The van der Waals surface area contributed by atoms with Gasteiger partial charge < -0.3 is 19.7 Å². The Hall–Kier alpha value is -4.24. The highest BCUT2D eigenvalue weighted by atomic mass is 16.6. The lowest BCUT2D eigenvalue weighted by Gasteiger charge is -2.39. The summed E-state index contributed by atoms with van der Waals surface area (Å²) >= 11 is 0. The third kappa shape index (κ3) is 7.45. The van der Waals surface area contributed by atoms with Crippen LogP contribution in [0.1, 0.15) is 36.6 Å². The zero-order chi connectivity index (χ0) is 28.5. The minimum Gasteiger partial charge on any atom is -0.482 e. The Bertz CT molecular complexity index is 1350. The zero-order valence-electron chi connectivity index (χ0n) is 22.5. The number of nitrogens with zero attached hydrogens (tertiary/aromatic N) is 2. The van der Waals surface area contributed by atoms with Crippen LogP contribution in [0.15, 0.2) is 109 Å². The summed E-state index contributed by atoms with van der Waals surface area (Å²) in [5, 5.41) is 34.2. The second-order valence-electron chi connectivity index (χ2n) is 9.66. The Labute approximate surface area is 234 Å². The first-order valence-corrected chi connectivity index (χ1v) is 13.2. The zero-order valence-corrected chi connectivity index (χ0v) is 22.5. The van der Waals surface area contributed by atoms with Crippen LogP contribution in [-0.2, 0) is 13.2 Å². The molecule has 0 bridgehead atoms. The second kappa shape index (κ2) is 13.7. The summed E-state index contributed by atoms with van der Waals surface area (Å²) < 4.78 is 12.0. The SMILES string of the molecule is CC(O)C(Oc1ccccc1)N(Cc1ccccc1)C(C)[C@H](O)c1ccc(OCc2ccccc2)c([N+](=O)[O-])c1. The lowest BCUT2D eigenvalue weighted by Crippen LogP contribution is -2.52. The number of para-hydroxylation sites is 1. The fourth-order valence-electron chi connectivity index (χ4n) is 4.52. The minimum atomic E-state index is -1.13. The number of rotatable bonds is 13. The Balaban J connectivity index is 1.62. The van der Waals surface area contributed by atoms with Crippen LogP contribution in [0.2, 0.25) is 0 Å². The van der Waals surface area contributed by atoms with E-state index in [2.05, 4.69) is 0 Å². The van der Waals surface area contributed by atoms with Crippen LogP contribution in [0, 0.1) is 10.1 Å². The van der Waals surface area contributed by atoms with E-state index in [0.29, 0.717) is 17.9 Å². The van der Waals surface area contributed by atoms with Gasteiger partial charge in [-0.25, -0.2) is 0 Å². The Morgan fingerprint density at radius 1 is 0.825 bits per heavy atom. The monoisotopic (exact) mass is 542 g/mol. The van der Waals surface area contributed by atoms with Crippen molar-refractivity contribution in [2.24, 2.45) is 0 Å². The number of ether oxygens (including phenoxy) is 2. The van der Waals surface area contributed by atoms with Crippen molar-refractivity contribution in [1.82, 2.24) is 4.90 Å². The van der Waals surface area contributed by atoms with Gasteiger partial charge in [0, 0.05) is 18.7 Å². The number of nitro groups is 1. The van der Waals surface area contributed by atoms with Crippen molar-refractivity contribution in [3.05, 3.63) is 136 Å². The molecule has 4 rings (SSSR count). The van der Waals surface area contributed by atoms with Gasteiger partial charge in [-0.15, -0.1) is 0 Å². The summed E-state index contributed by atoms with van der Waals surface area (Å²) in [6.45, 7) is 3.98. The standard InChI is InChI=1S/C32H34N2O6/c1-23(31(36)27-18-19-30(29(20-27)34(37)38)39-22-26-14-8-4-9-15-26)33(21-25-12-6-3-7-13-25)32(24(2)35)40-28-16-10-5-11-17-28/h3-20,23-24,31-32,35-36H,21-22H2,1-2H3/t23?,24?,31-,32?/m0/s1. The van der Waals surface area contributed by atoms with Crippen LogP contribution in [0.25, 0.3) is 0 Å². The lowest BCUT2D eigenvalue weighted by molar-refractivity contribution is -0.386. The Kier molecular flexibility index (Phi) is 9.86. The minimum absolute atomic E-state index is 0.118. The number of nitro benzene ring substituents is 1. The van der Waals surface area contributed by atoms with E-state index in [4.69, 9.17) is 9.47 Å². The predicted octanol–water partition coefficient (Wildman–Crippen LogP) is 5.88. The van der Waals surface area contributed by atoms with Crippen LogP contribution in [0.5, 0.6) is 11.5 Å². The van der Waals surface area contributed by atoms with E-state index in [9.17, 15) is 20.3 Å². The maximum absolute atomic E-state index is 11.9. The van der Waals surface area contributed by atoms with Crippen molar-refractivity contribution in [1.29, 1.82) is 0 Å². The van der Waals surface area contributed by atoms with Gasteiger partial charge >= 0.3 is 5.69 Å². The van der Waals surface area contributed by atoms with Crippen molar-refractivity contribution in [2.45, 2.75) is 51.5 Å². The molecule has 40 heavy (non-hydrogen) atoms. The molecule has 0 amide bonds. The highest BCUT2D eigenvalue weighted by molar-refractivity contribution is 5.49. The summed E-state index contributed by atoms with van der Waals surface area (Å²) in [7, 11) is 0. The van der Waals surface area contributed by atoms with E-state index in [-0.39, 0.29) is 18.0 Å². The van der Waals surface area contributed by atoms with Crippen molar-refractivity contribution in [2.75, 3.05) is 0 Å². The molecule has 4 aromatic rings. The number of aliphatic hydroxyl groups excluding tert-OH is 2. The van der Waals surface area contributed by atoms with Gasteiger partial charge in [0.05, 0.1) is 11.0 Å². The molecule has 3 unspecified atom stereocenters. The normalized spacial score (nSPS) is 14.2. The molecular formula is C32H34N2O6. The molecule has 0 spiro atoms. The van der Waals surface area contributed by atoms with Crippen LogP contribution in [-0.4, -0.2) is 38.4 Å². The maximum atomic E-state index is 11.9. The lowest BCUT2D eigenvalue weighted by atomic mass is 9.99. The maximum Gasteiger partial charge on any atom is 0.311 e. The first-order valence-electron chi connectivity index (χ1n) is 13.2.